The quantitative estimate of drug-likeness (QED) is 0.392. The second-order valence-electron chi connectivity index (χ2n) is 6.16. The van der Waals surface area contributed by atoms with E-state index in [2.05, 4.69) is 5.10 Å². The number of rotatable bonds is 3. The molecule has 0 radical (unpaired) electrons. The van der Waals surface area contributed by atoms with Crippen LogP contribution in [0.2, 0.25) is 0 Å². The van der Waals surface area contributed by atoms with E-state index in [1.807, 2.05) is 43.5 Å². The molecule has 1 aliphatic rings. The fourth-order valence-electron chi connectivity index (χ4n) is 3.29. The van der Waals surface area contributed by atoms with Gasteiger partial charge in [-0.05, 0) is 50.0 Å². The third-order valence-electron chi connectivity index (χ3n) is 4.56. The molecular weight excluding hydrogens is 350 g/mol. The number of thiophene rings is 1. The van der Waals surface area contributed by atoms with Gasteiger partial charge in [-0.1, -0.05) is 42.1 Å². The highest BCUT2D eigenvalue weighted by atomic mass is 32.2. The second kappa shape index (κ2) is 6.77. The summed E-state index contributed by atoms with van der Waals surface area (Å²) in [6.45, 7) is 1.93. The molecule has 0 saturated carbocycles. The summed E-state index contributed by atoms with van der Waals surface area (Å²) in [5.41, 5.74) is 2.99. The van der Waals surface area contributed by atoms with E-state index in [0.29, 0.717) is 5.16 Å². The lowest BCUT2D eigenvalue weighted by Crippen LogP contribution is -2.21. The molecule has 4 rings (SSSR count). The second-order valence-corrected chi connectivity index (χ2v) is 8.01. The normalized spacial score (nSPS) is 14.7. The van der Waals surface area contributed by atoms with Crippen LogP contribution in [0.25, 0.3) is 10.2 Å². The smallest absolute Gasteiger partial charge is 0.267 e. The predicted octanol–water partition coefficient (Wildman–Crippen LogP) is 4.33. The number of aryl methyl sites for hydroxylation is 2. The van der Waals surface area contributed by atoms with Gasteiger partial charge in [0.15, 0.2) is 5.16 Å². The van der Waals surface area contributed by atoms with Crippen molar-refractivity contribution in [3.8, 4) is 0 Å². The van der Waals surface area contributed by atoms with Crippen LogP contribution in [0.3, 0.4) is 0 Å². The van der Waals surface area contributed by atoms with Gasteiger partial charge in [-0.3, -0.25) is 4.79 Å². The monoisotopic (exact) mass is 369 g/mol. The Morgan fingerprint density at radius 1 is 1.24 bits per heavy atom. The van der Waals surface area contributed by atoms with Crippen LogP contribution in [0.1, 0.15) is 35.8 Å². The molecule has 0 saturated heterocycles. The van der Waals surface area contributed by atoms with E-state index >= 15 is 0 Å². The Morgan fingerprint density at radius 2 is 2.00 bits per heavy atom. The van der Waals surface area contributed by atoms with E-state index in [0.717, 1.165) is 40.8 Å². The van der Waals surface area contributed by atoms with Crippen molar-refractivity contribution >= 4 is 39.0 Å². The van der Waals surface area contributed by atoms with Crippen LogP contribution in [-0.2, 0) is 12.8 Å². The van der Waals surface area contributed by atoms with Crippen molar-refractivity contribution in [2.45, 2.75) is 37.8 Å². The summed E-state index contributed by atoms with van der Waals surface area (Å²) in [7, 11) is 0. The fourth-order valence-corrected chi connectivity index (χ4v) is 5.07. The van der Waals surface area contributed by atoms with Gasteiger partial charge in [0.05, 0.1) is 11.1 Å². The number of fused-ring (bicyclic) bond motifs is 3. The van der Waals surface area contributed by atoms with Gasteiger partial charge < -0.3 is 0 Å². The van der Waals surface area contributed by atoms with Gasteiger partial charge >= 0.3 is 0 Å². The Labute approximate surface area is 154 Å². The van der Waals surface area contributed by atoms with Crippen molar-refractivity contribution in [2.24, 2.45) is 5.10 Å². The number of hydrogen-bond donors (Lipinski definition) is 0. The molecule has 25 heavy (non-hydrogen) atoms. The number of hydrogen-bond acceptors (Lipinski definition) is 5. The molecule has 0 spiro atoms. The maximum absolute atomic E-state index is 13.2. The lowest BCUT2D eigenvalue weighted by Gasteiger charge is -2.11. The zero-order valence-electron chi connectivity index (χ0n) is 14.3. The summed E-state index contributed by atoms with van der Waals surface area (Å²) in [6.07, 6.45) is 6.33. The van der Waals surface area contributed by atoms with Crippen molar-refractivity contribution < 1.29 is 0 Å². The van der Waals surface area contributed by atoms with Crippen LogP contribution >= 0.6 is 23.1 Å². The highest BCUT2D eigenvalue weighted by Crippen LogP contribution is 2.34. The van der Waals surface area contributed by atoms with Crippen LogP contribution in [0.15, 0.2) is 45.4 Å². The maximum atomic E-state index is 13.2. The van der Waals surface area contributed by atoms with Crippen molar-refractivity contribution in [1.82, 2.24) is 9.66 Å². The van der Waals surface area contributed by atoms with Gasteiger partial charge in [0.2, 0.25) is 0 Å². The molecule has 0 aliphatic heterocycles. The average molecular weight is 370 g/mol. The highest BCUT2D eigenvalue weighted by molar-refractivity contribution is 7.98. The third kappa shape index (κ3) is 2.93. The van der Waals surface area contributed by atoms with E-state index in [-0.39, 0.29) is 5.56 Å². The molecule has 0 fully saturated rings. The van der Waals surface area contributed by atoms with E-state index in [1.165, 1.54) is 33.3 Å². The first-order valence-electron chi connectivity index (χ1n) is 8.41. The first-order chi connectivity index (χ1) is 12.2. The van der Waals surface area contributed by atoms with Crippen LogP contribution in [0.4, 0.5) is 0 Å². The molecule has 0 unspecified atom stereocenters. The number of nitrogens with zero attached hydrogens (tertiary/aromatic N) is 3. The maximum Gasteiger partial charge on any atom is 0.283 e. The van der Waals surface area contributed by atoms with Gasteiger partial charge in [0, 0.05) is 4.88 Å². The molecular formula is C19H19N3OS2. The lowest BCUT2D eigenvalue weighted by atomic mass is 9.97. The molecule has 6 heteroatoms. The molecule has 128 valence electrons. The van der Waals surface area contributed by atoms with Crippen LogP contribution in [-0.4, -0.2) is 21.6 Å². The van der Waals surface area contributed by atoms with Gasteiger partial charge in [-0.25, -0.2) is 4.98 Å². The summed E-state index contributed by atoms with van der Waals surface area (Å²) in [5, 5.41) is 6.04. The van der Waals surface area contributed by atoms with E-state index in [9.17, 15) is 4.79 Å². The molecule has 1 aliphatic carbocycles. The van der Waals surface area contributed by atoms with E-state index in [4.69, 9.17) is 4.98 Å². The Morgan fingerprint density at radius 3 is 2.76 bits per heavy atom. The topological polar surface area (TPSA) is 47.2 Å². The fraction of sp³-hybridized carbons (Fsp3) is 0.316. The van der Waals surface area contributed by atoms with Crippen molar-refractivity contribution in [3.05, 3.63) is 56.7 Å². The molecule has 2 aromatic heterocycles. The highest BCUT2D eigenvalue weighted by Gasteiger charge is 2.22. The molecule has 1 aromatic carbocycles. The van der Waals surface area contributed by atoms with E-state index < -0.39 is 0 Å². The zero-order chi connectivity index (χ0) is 17.4. The largest absolute Gasteiger partial charge is 0.283 e. The Hall–Kier alpha value is -1.92. The first-order valence-corrected chi connectivity index (χ1v) is 10.5. The van der Waals surface area contributed by atoms with E-state index in [1.54, 1.807) is 11.3 Å². The summed E-state index contributed by atoms with van der Waals surface area (Å²) >= 11 is 3.14. The van der Waals surface area contributed by atoms with Gasteiger partial charge in [0.1, 0.15) is 4.83 Å². The first kappa shape index (κ1) is 16.5. The molecule has 4 nitrogen and oxygen atoms in total. The zero-order valence-corrected chi connectivity index (χ0v) is 15.9. The third-order valence-corrected chi connectivity index (χ3v) is 6.38. The van der Waals surface area contributed by atoms with Gasteiger partial charge in [-0.2, -0.15) is 9.78 Å². The SMILES string of the molecule is CSc1nc2sc3c(c2c(=O)n1/N=C(/C)c1ccccc1)CCCC3. The van der Waals surface area contributed by atoms with Gasteiger partial charge in [0.25, 0.3) is 5.56 Å². The van der Waals surface area contributed by atoms with Crippen LogP contribution in [0, 0.1) is 0 Å². The molecule has 2 heterocycles. The van der Waals surface area contributed by atoms with Crippen molar-refractivity contribution in [3.63, 3.8) is 0 Å². The van der Waals surface area contributed by atoms with Crippen LogP contribution in [0.5, 0.6) is 0 Å². The summed E-state index contributed by atoms with van der Waals surface area (Å²) in [5.74, 6) is 0. The molecule has 0 N–H and O–H groups in total. The summed E-state index contributed by atoms with van der Waals surface area (Å²) in [6, 6.07) is 9.93. The minimum atomic E-state index is -0.0379. The summed E-state index contributed by atoms with van der Waals surface area (Å²) < 4.78 is 1.48. The lowest BCUT2D eigenvalue weighted by molar-refractivity contribution is 0.690. The van der Waals surface area contributed by atoms with Crippen molar-refractivity contribution in [1.29, 1.82) is 0 Å². The Bertz CT molecular complexity index is 1020. The molecule has 0 atom stereocenters. The number of thioether (sulfide) groups is 1. The predicted molar refractivity (Wildman–Crippen MR) is 106 cm³/mol. The van der Waals surface area contributed by atoms with Crippen molar-refractivity contribution in [2.75, 3.05) is 6.26 Å². The Kier molecular flexibility index (Phi) is 4.48. The summed E-state index contributed by atoms with van der Waals surface area (Å²) in [4.78, 5) is 20.2. The molecule has 0 bridgehead atoms. The minimum Gasteiger partial charge on any atom is -0.267 e. The van der Waals surface area contributed by atoms with Crippen LogP contribution < -0.4 is 5.56 Å². The average Bonchev–Trinajstić information content (AvgIpc) is 3.03. The number of aromatic nitrogens is 2. The standard InChI is InChI=1S/C19H19N3OS2/c1-12(13-8-4-3-5-9-13)21-22-18(23)16-14-10-6-7-11-15(14)25-17(16)20-19(22)24-2/h3-5,8-9H,6-7,10-11H2,1-2H3/b21-12-. The molecule has 3 aromatic rings. The van der Waals surface area contributed by atoms with Gasteiger partial charge in [-0.15, -0.1) is 11.3 Å². The number of benzene rings is 1. The minimum absolute atomic E-state index is 0.0379. The molecule has 0 amide bonds. The Balaban J connectivity index is 1.94.